The monoisotopic (exact) mass is 1590 g/mol. The summed E-state index contributed by atoms with van der Waals surface area (Å²) in [4.78, 5) is 104. The van der Waals surface area contributed by atoms with Gasteiger partial charge in [-0.05, 0) is 242 Å². The highest BCUT2D eigenvalue weighted by Gasteiger charge is 2.42. The molecule has 9 heterocycles. The number of nitrogens with zero attached hydrogens (tertiary/aromatic N) is 8. The first-order chi connectivity index (χ1) is 54.0. The van der Waals surface area contributed by atoms with Crippen LogP contribution in [0.25, 0.3) is 32.7 Å². The Kier molecular flexibility index (Phi) is 26.0. The number of para-hydroxylation sites is 3. The molecule has 11 N–H and O–H groups in total. The Morgan fingerprint density at radius 3 is 1.14 bits per heavy atom. The van der Waals surface area contributed by atoms with E-state index in [9.17, 15) is 52.9 Å². The van der Waals surface area contributed by atoms with Crippen LogP contribution in [0, 0.1) is 36.3 Å². The van der Waals surface area contributed by atoms with Crippen molar-refractivity contribution in [2.45, 2.75) is 120 Å². The lowest BCUT2D eigenvalue weighted by Gasteiger charge is -2.42. The number of aromatic nitrogens is 3. The third kappa shape index (κ3) is 18.9. The van der Waals surface area contributed by atoms with E-state index in [1.165, 1.54) is 38.9 Å². The third-order valence-electron chi connectivity index (χ3n) is 23.7. The summed E-state index contributed by atoms with van der Waals surface area (Å²) in [6, 6.07) is 35.7. The average molecular weight is 1590 g/mol. The number of amides is 4. The number of piperidine rings is 6. The van der Waals surface area contributed by atoms with Gasteiger partial charge in [-0.15, -0.1) is 0 Å². The van der Waals surface area contributed by atoms with Gasteiger partial charge in [0.2, 0.25) is 0 Å². The van der Waals surface area contributed by atoms with Crippen molar-refractivity contribution in [3.8, 4) is 0 Å². The SMILES string of the molecule is Cc1ccc(NC(=O)N2CCC(C(C(=O)O)N3CCC(c4c[nH]c5ccccc45)CC3)CC2)cc1Cl.NC(=NC(=O)c1cc(F)cc(F)c1)N1CCC(C(C(=O)O)N2CCC(c3c[nH]c4ccccc34)CC2)CC1.NC(=NC(=O)c1ccc(Cl)c(Cl)c1)N1CCC(C(C(=O)O)N2CCC(c3c[nH]c4ccccc34)CC2)CC1. The van der Waals surface area contributed by atoms with Crippen LogP contribution in [-0.2, 0) is 14.4 Å². The second-order valence-corrected chi connectivity index (χ2v) is 31.6. The van der Waals surface area contributed by atoms with Gasteiger partial charge in [-0.3, -0.25) is 38.7 Å². The van der Waals surface area contributed by atoms with E-state index in [1.807, 2.05) is 48.2 Å². The number of aliphatic imine (C=N–C) groups is 2. The normalized spacial score (nSPS) is 19.0. The van der Waals surface area contributed by atoms with Gasteiger partial charge in [0.1, 0.15) is 29.8 Å². The lowest BCUT2D eigenvalue weighted by molar-refractivity contribution is -0.147. The van der Waals surface area contributed by atoms with Gasteiger partial charge in [-0.2, -0.15) is 9.98 Å². The number of halogens is 5. The number of carbonyl (C=O) groups is 6. The highest BCUT2D eigenvalue weighted by Crippen LogP contribution is 2.40. The van der Waals surface area contributed by atoms with E-state index in [4.69, 9.17) is 46.3 Å². The van der Waals surface area contributed by atoms with Crippen molar-refractivity contribution < 1.29 is 52.9 Å². The minimum absolute atomic E-state index is 0.00645. The molecule has 0 spiro atoms. The highest BCUT2D eigenvalue weighted by molar-refractivity contribution is 6.42. The summed E-state index contributed by atoms with van der Waals surface area (Å²) < 4.78 is 26.9. The van der Waals surface area contributed by atoms with Crippen LogP contribution in [0.5, 0.6) is 0 Å². The number of hydrogen-bond donors (Lipinski definition) is 9. The molecule has 0 bridgehead atoms. The molecule has 0 aliphatic carbocycles. The quantitative estimate of drug-likeness (QED) is 0.0340. The lowest BCUT2D eigenvalue weighted by atomic mass is 9.84. The fourth-order valence-electron chi connectivity index (χ4n) is 17.7. The van der Waals surface area contributed by atoms with Gasteiger partial charge in [0.05, 0.1) is 10.0 Å². The van der Waals surface area contributed by atoms with Crippen LogP contribution in [0.3, 0.4) is 0 Å². The number of carboxylic acids is 3. The topological polar surface area (TPSA) is 319 Å². The number of nitrogens with one attached hydrogen (secondary N) is 4. The molecule has 590 valence electrons. The minimum Gasteiger partial charge on any atom is -0.480 e. The van der Waals surface area contributed by atoms with Crippen molar-refractivity contribution in [2.24, 2.45) is 39.2 Å². The number of rotatable bonds is 15. The molecule has 4 amide bonds. The fourth-order valence-corrected chi connectivity index (χ4v) is 18.2. The number of benzene rings is 6. The lowest BCUT2D eigenvalue weighted by Crippen LogP contribution is -2.53. The van der Waals surface area contributed by atoms with E-state index in [0.29, 0.717) is 136 Å². The predicted octanol–water partition coefficient (Wildman–Crippen LogP) is 14.6. The van der Waals surface area contributed by atoms with Crippen molar-refractivity contribution in [1.82, 2.24) is 44.4 Å². The zero-order valence-corrected chi connectivity index (χ0v) is 64.7. The molecule has 3 atom stereocenters. The Hall–Kier alpha value is -9.89. The first-order valence-electron chi connectivity index (χ1n) is 38.6. The molecule has 6 saturated heterocycles. The fraction of sp³-hybridized carbons (Fsp3) is 0.405. The van der Waals surface area contributed by atoms with Crippen molar-refractivity contribution in [1.29, 1.82) is 0 Å². The van der Waals surface area contributed by atoms with Gasteiger partial charge >= 0.3 is 23.9 Å². The standard InChI is InChI=1S/C28H31Cl2N5O3.C28H33ClN4O3.C28H31F2N5O3/c29-22-6-5-19(15-23(22)30)26(36)33-28(31)35-13-9-18(10-14-35)25(27(37)38)34-11-7-17(8-12-34)21-16-32-24-4-2-1-3-20(21)24;1-18-6-7-21(16-24(18)29)31-28(36)33-14-10-20(11-15-33)26(27(34)35)32-12-8-19(9-13-32)23-17-30-25-5-3-2-4-22(23)25;29-20-13-19(14-21(30)15-20)26(36)33-28(31)35-11-7-18(8-12-35)25(27(37)38)34-9-5-17(6-10-34)23-16-32-24-4-2-1-3-22(23)24/h1-6,15-18,25,32H,7-14H2,(H,37,38)(H2,31,33,36);2-7,16-17,19-20,26,30H,8-15H2,1H3,(H,31,36)(H,34,35);1-4,13-18,25,32H,5-12H2,(H,37,38)(H2,31,33,36). The number of likely N-dealkylation sites (tertiary alicyclic amines) is 6. The second kappa shape index (κ2) is 36.3. The molecule has 3 aromatic heterocycles. The van der Waals surface area contributed by atoms with Gasteiger partial charge in [0, 0.05) is 118 Å². The number of carboxylic acid groups (broad SMARTS) is 3. The molecule has 6 aromatic carbocycles. The number of anilines is 1. The van der Waals surface area contributed by atoms with Gasteiger partial charge in [0.25, 0.3) is 11.8 Å². The van der Waals surface area contributed by atoms with E-state index < -0.39 is 59.5 Å². The summed E-state index contributed by atoms with van der Waals surface area (Å²) in [6.45, 7) is 9.47. The molecule has 28 heteroatoms. The van der Waals surface area contributed by atoms with Crippen LogP contribution in [0.15, 0.2) is 156 Å². The Morgan fingerprint density at radius 2 is 0.786 bits per heavy atom. The first-order valence-corrected chi connectivity index (χ1v) is 39.7. The number of aryl methyl sites for hydroxylation is 1. The largest absolute Gasteiger partial charge is 0.480 e. The van der Waals surface area contributed by atoms with Crippen LogP contribution in [0.4, 0.5) is 19.3 Å². The van der Waals surface area contributed by atoms with Crippen molar-refractivity contribution >= 4 is 121 Å². The zero-order valence-electron chi connectivity index (χ0n) is 62.4. The van der Waals surface area contributed by atoms with Crippen molar-refractivity contribution in [2.75, 3.05) is 83.9 Å². The molecule has 23 nitrogen and oxygen atoms in total. The molecule has 9 aromatic rings. The first kappa shape index (κ1) is 80.2. The minimum atomic E-state index is -0.867. The van der Waals surface area contributed by atoms with Crippen LogP contribution in [-0.4, -0.2) is 204 Å². The molecule has 0 saturated carbocycles. The molecule has 0 radical (unpaired) electrons. The molecule has 6 fully saturated rings. The van der Waals surface area contributed by atoms with Crippen LogP contribution >= 0.6 is 34.8 Å². The molecular weight excluding hydrogens is 1490 g/mol. The summed E-state index contributed by atoms with van der Waals surface area (Å²) in [5.74, 6) is -4.09. The molecule has 15 rings (SSSR count). The number of H-pyrrole nitrogens is 3. The molecular formula is C84H95Cl3F2N14O9. The summed E-state index contributed by atoms with van der Waals surface area (Å²) in [7, 11) is 0. The molecule has 112 heavy (non-hydrogen) atoms. The second-order valence-electron chi connectivity index (χ2n) is 30.4. The van der Waals surface area contributed by atoms with E-state index >= 15 is 0 Å². The molecule has 3 unspecified atom stereocenters. The molecule has 6 aliphatic rings. The van der Waals surface area contributed by atoms with Gasteiger partial charge < -0.3 is 61.8 Å². The van der Waals surface area contributed by atoms with Crippen LogP contribution in [0.1, 0.15) is 138 Å². The van der Waals surface area contributed by atoms with Crippen molar-refractivity contribution in [3.05, 3.63) is 206 Å². The number of guanidine groups is 2. The van der Waals surface area contributed by atoms with E-state index in [0.717, 1.165) is 99.0 Å². The smallest absolute Gasteiger partial charge is 0.321 e. The van der Waals surface area contributed by atoms with E-state index in [-0.39, 0.29) is 46.3 Å². The van der Waals surface area contributed by atoms with Gasteiger partial charge in [-0.25, -0.2) is 13.6 Å². The maximum absolute atomic E-state index is 13.4. The number of carbonyl (C=O) groups excluding carboxylic acids is 3. The number of aliphatic carboxylic acids is 3. The average Bonchev–Trinajstić information content (AvgIpc) is 1.50. The third-order valence-corrected chi connectivity index (χ3v) is 24.9. The van der Waals surface area contributed by atoms with E-state index in [2.05, 4.69) is 112 Å². The number of urea groups is 1. The summed E-state index contributed by atoms with van der Waals surface area (Å²) in [5.41, 5.74) is 21.3. The zero-order chi connectivity index (χ0) is 78.9. The number of fused-ring (bicyclic) bond motifs is 3. The van der Waals surface area contributed by atoms with Crippen LogP contribution in [0.2, 0.25) is 15.1 Å². The maximum atomic E-state index is 13.4. The summed E-state index contributed by atoms with van der Waals surface area (Å²) in [5, 5.41) is 38.3. The Balaban J connectivity index is 0.000000147. The molecule has 6 aliphatic heterocycles. The number of nitrogens with two attached hydrogens (primary N) is 2. The van der Waals surface area contributed by atoms with Gasteiger partial charge in [0.15, 0.2) is 11.9 Å². The Labute approximate surface area is 663 Å². The van der Waals surface area contributed by atoms with E-state index in [1.54, 1.807) is 28.0 Å². The Bertz CT molecular complexity index is 4910. The highest BCUT2D eigenvalue weighted by atomic mass is 35.5. The number of aromatic amines is 3. The van der Waals surface area contributed by atoms with Gasteiger partial charge in [-0.1, -0.05) is 95.5 Å². The summed E-state index contributed by atoms with van der Waals surface area (Å²) in [6.07, 6.45) is 15.7. The van der Waals surface area contributed by atoms with Crippen molar-refractivity contribution in [3.63, 3.8) is 0 Å². The predicted molar refractivity (Wildman–Crippen MR) is 433 cm³/mol. The summed E-state index contributed by atoms with van der Waals surface area (Å²) >= 11 is 18.1. The Morgan fingerprint density at radius 1 is 0.429 bits per heavy atom. The van der Waals surface area contributed by atoms with Crippen LogP contribution < -0.4 is 16.8 Å². The number of hydrogen-bond acceptors (Lipinski definition) is 9. The maximum Gasteiger partial charge on any atom is 0.321 e.